The van der Waals surface area contributed by atoms with Crippen molar-refractivity contribution in [2.24, 2.45) is 5.92 Å². The molecule has 1 N–H and O–H groups in total. The third-order valence-corrected chi connectivity index (χ3v) is 8.14. The maximum atomic E-state index is 12.7. The number of ether oxygens (including phenoxy) is 1. The number of nitrogens with zero attached hydrogens (tertiary/aromatic N) is 2. The summed E-state index contributed by atoms with van der Waals surface area (Å²) in [5, 5.41) is 5.40. The molecule has 1 aromatic carbocycles. The number of morpholine rings is 1. The monoisotopic (exact) mass is 467 g/mol. The molecule has 0 radical (unpaired) electrons. The number of hydrogen-bond acceptors (Lipinski definition) is 6. The summed E-state index contributed by atoms with van der Waals surface area (Å²) in [4.78, 5) is 17.2. The van der Waals surface area contributed by atoms with E-state index < -0.39 is 10.0 Å². The highest BCUT2D eigenvalue weighted by atomic mass is 32.2. The van der Waals surface area contributed by atoms with Gasteiger partial charge in [0, 0.05) is 31.4 Å². The number of thiazole rings is 1. The first kappa shape index (κ1) is 23.8. The Morgan fingerprint density at radius 2 is 1.77 bits per heavy atom. The molecular weight excluding hydrogens is 434 g/mol. The average Bonchev–Trinajstić information content (AvgIpc) is 3.30. The van der Waals surface area contributed by atoms with Crippen molar-refractivity contribution in [3.8, 4) is 11.3 Å². The lowest BCUT2D eigenvalue weighted by Gasteiger charge is -2.26. The highest BCUT2D eigenvalue weighted by Crippen LogP contribution is 2.29. The van der Waals surface area contributed by atoms with Crippen LogP contribution in [0.15, 0.2) is 34.5 Å². The van der Waals surface area contributed by atoms with Gasteiger partial charge in [0.05, 0.1) is 23.8 Å². The van der Waals surface area contributed by atoms with Gasteiger partial charge < -0.3 is 10.1 Å². The van der Waals surface area contributed by atoms with E-state index in [1.807, 2.05) is 19.2 Å². The smallest absolute Gasteiger partial charge is 0.243 e. The summed E-state index contributed by atoms with van der Waals surface area (Å²) in [6.07, 6.45) is 5.33. The lowest BCUT2D eigenvalue weighted by Crippen LogP contribution is -2.40. The summed E-state index contributed by atoms with van der Waals surface area (Å²) in [6, 6.07) is 6.74. The Kier molecular flexibility index (Phi) is 8.59. The summed E-state index contributed by atoms with van der Waals surface area (Å²) < 4.78 is 32.1. The summed E-state index contributed by atoms with van der Waals surface area (Å²) >= 11 is 1.39. The minimum Gasteiger partial charge on any atom is -0.379 e. The molecule has 9 heteroatoms. The number of hydrogen-bond donors (Lipinski definition) is 1. The molecule has 1 aliphatic carbocycles. The normalized spacial score (nSPS) is 18.1. The Morgan fingerprint density at radius 3 is 2.42 bits per heavy atom. The summed E-state index contributed by atoms with van der Waals surface area (Å²) in [7, 11) is -3.51. The predicted molar refractivity (Wildman–Crippen MR) is 126 cm³/mol. The minimum absolute atomic E-state index is 0. The number of nitrogens with one attached hydrogen (secondary N) is 1. The minimum atomic E-state index is -3.51. The van der Waals surface area contributed by atoms with Crippen molar-refractivity contribution < 1.29 is 19.4 Å². The molecule has 1 aliphatic heterocycles. The van der Waals surface area contributed by atoms with Crippen LogP contribution in [0, 0.1) is 5.92 Å². The molecule has 0 atom stereocenters. The van der Waals surface area contributed by atoms with E-state index in [9.17, 15) is 13.2 Å². The van der Waals surface area contributed by atoms with Crippen LogP contribution in [0.25, 0.3) is 11.3 Å². The lowest BCUT2D eigenvalue weighted by atomic mass is 9.89. The molecule has 0 unspecified atom stereocenters. The molecule has 1 aromatic heterocycles. The van der Waals surface area contributed by atoms with Gasteiger partial charge >= 0.3 is 0 Å². The molecule has 172 valence electrons. The van der Waals surface area contributed by atoms with Gasteiger partial charge in [-0.25, -0.2) is 13.4 Å². The second kappa shape index (κ2) is 11.2. The maximum Gasteiger partial charge on any atom is 0.243 e. The number of carbonyl (C=O) groups excluding carboxylic acids is 1. The summed E-state index contributed by atoms with van der Waals surface area (Å²) in [5.74, 6) is 0.137. The number of carbonyl (C=O) groups is 1. The van der Waals surface area contributed by atoms with Crippen LogP contribution in [0.5, 0.6) is 0 Å². The first-order valence-corrected chi connectivity index (χ1v) is 13.3. The van der Waals surface area contributed by atoms with E-state index in [-0.39, 0.29) is 18.1 Å². The molecule has 2 aromatic rings. The average molecular weight is 468 g/mol. The van der Waals surface area contributed by atoms with E-state index in [0.29, 0.717) is 31.4 Å². The van der Waals surface area contributed by atoms with Gasteiger partial charge in [-0.2, -0.15) is 4.31 Å². The molecule has 1 amide bonds. The van der Waals surface area contributed by atoms with Gasteiger partial charge in [-0.1, -0.05) is 45.2 Å². The quantitative estimate of drug-likeness (QED) is 0.693. The molecule has 0 bridgehead atoms. The number of benzene rings is 1. The van der Waals surface area contributed by atoms with E-state index >= 15 is 0 Å². The number of aromatic nitrogens is 1. The highest BCUT2D eigenvalue weighted by molar-refractivity contribution is 7.89. The van der Waals surface area contributed by atoms with Gasteiger partial charge in [-0.05, 0) is 25.0 Å². The van der Waals surface area contributed by atoms with E-state index in [0.717, 1.165) is 36.9 Å². The second-order valence-electron chi connectivity index (χ2n) is 7.40. The van der Waals surface area contributed by atoms with Crippen molar-refractivity contribution in [3.05, 3.63) is 29.6 Å². The molecule has 1 saturated carbocycles. The van der Waals surface area contributed by atoms with Crippen LogP contribution in [0.4, 0.5) is 5.13 Å². The standard InChI is InChI=1S/C20H25N3O4S2.C2H6.H2/c24-19(16-4-2-1-3-5-16)22-20-21-18(14-28-20)15-6-8-17(9-7-15)29(25,26)23-10-12-27-13-11-23;1-2;/h6-9,14,16H,1-5,10-13H2,(H,21,22,24);1-2H3;1H. The van der Waals surface area contributed by atoms with Crippen LogP contribution < -0.4 is 5.32 Å². The van der Waals surface area contributed by atoms with Crippen molar-refractivity contribution in [3.63, 3.8) is 0 Å². The molecule has 1 saturated heterocycles. The van der Waals surface area contributed by atoms with Gasteiger partial charge in [0.15, 0.2) is 5.13 Å². The van der Waals surface area contributed by atoms with Crippen molar-refractivity contribution in [2.75, 3.05) is 31.6 Å². The molecule has 0 spiro atoms. The number of sulfonamides is 1. The fourth-order valence-corrected chi connectivity index (χ4v) is 5.90. The first-order chi connectivity index (χ1) is 15.0. The van der Waals surface area contributed by atoms with Crippen LogP contribution in [0.1, 0.15) is 47.4 Å². The zero-order valence-electron chi connectivity index (χ0n) is 18.2. The fraction of sp³-hybridized carbons (Fsp3) is 0.545. The van der Waals surface area contributed by atoms with Gasteiger partial charge in [0.25, 0.3) is 0 Å². The number of amides is 1. The fourth-order valence-electron chi connectivity index (χ4n) is 3.77. The third-order valence-electron chi connectivity index (χ3n) is 5.47. The number of rotatable bonds is 5. The number of anilines is 1. The maximum absolute atomic E-state index is 12.7. The zero-order valence-corrected chi connectivity index (χ0v) is 19.8. The van der Waals surface area contributed by atoms with Crippen molar-refractivity contribution >= 4 is 32.4 Å². The van der Waals surface area contributed by atoms with Gasteiger partial charge in [0.2, 0.25) is 15.9 Å². The van der Waals surface area contributed by atoms with Crippen LogP contribution in [0.3, 0.4) is 0 Å². The molecule has 4 rings (SSSR count). The van der Waals surface area contributed by atoms with E-state index in [2.05, 4.69) is 10.3 Å². The van der Waals surface area contributed by atoms with Gasteiger partial charge in [-0.3, -0.25) is 4.79 Å². The highest BCUT2D eigenvalue weighted by Gasteiger charge is 2.26. The zero-order chi connectivity index (χ0) is 22.3. The Labute approximate surface area is 190 Å². The van der Waals surface area contributed by atoms with Crippen LogP contribution in [0.2, 0.25) is 0 Å². The van der Waals surface area contributed by atoms with Crippen LogP contribution in [-0.2, 0) is 19.6 Å². The Morgan fingerprint density at radius 1 is 1.13 bits per heavy atom. The lowest BCUT2D eigenvalue weighted by molar-refractivity contribution is -0.120. The Hall–Kier alpha value is -1.81. The van der Waals surface area contributed by atoms with Crippen molar-refractivity contribution in [2.45, 2.75) is 50.8 Å². The van der Waals surface area contributed by atoms with Gasteiger partial charge in [-0.15, -0.1) is 11.3 Å². The van der Waals surface area contributed by atoms with Crippen LogP contribution >= 0.6 is 11.3 Å². The van der Waals surface area contributed by atoms with Gasteiger partial charge in [0.1, 0.15) is 0 Å². The van der Waals surface area contributed by atoms with Crippen molar-refractivity contribution in [1.29, 1.82) is 0 Å². The SMILES string of the molecule is CC.O=C(Nc1nc(-c2ccc(S(=O)(=O)N3CCOCC3)cc2)cs1)C1CCCCC1.[HH]. The molecular formula is C22H33N3O4S2. The molecule has 2 heterocycles. The summed E-state index contributed by atoms with van der Waals surface area (Å²) in [5.41, 5.74) is 1.55. The van der Waals surface area contributed by atoms with Crippen LogP contribution in [-0.4, -0.2) is 49.9 Å². The second-order valence-corrected chi connectivity index (χ2v) is 10.2. The molecule has 31 heavy (non-hydrogen) atoms. The topological polar surface area (TPSA) is 88.6 Å². The largest absolute Gasteiger partial charge is 0.379 e. The van der Waals surface area contributed by atoms with E-state index in [1.54, 1.807) is 24.3 Å². The Bertz CT molecular complexity index is 952. The van der Waals surface area contributed by atoms with E-state index in [1.165, 1.54) is 22.1 Å². The predicted octanol–water partition coefficient (Wildman–Crippen LogP) is 4.62. The molecule has 2 fully saturated rings. The van der Waals surface area contributed by atoms with E-state index in [4.69, 9.17) is 4.74 Å². The van der Waals surface area contributed by atoms with Crippen molar-refractivity contribution in [1.82, 2.24) is 9.29 Å². The molecule has 7 nitrogen and oxygen atoms in total. The summed E-state index contributed by atoms with van der Waals surface area (Å²) in [6.45, 7) is 5.59. The first-order valence-electron chi connectivity index (χ1n) is 11.0. The Balaban J connectivity index is 0.00000118. The molecule has 2 aliphatic rings. The third kappa shape index (κ3) is 5.91.